The van der Waals surface area contributed by atoms with Gasteiger partial charge in [-0.2, -0.15) is 0 Å². The predicted molar refractivity (Wildman–Crippen MR) is 94.5 cm³/mol. The van der Waals surface area contributed by atoms with Crippen LogP contribution in [0.25, 0.3) is 0 Å². The quantitative estimate of drug-likeness (QED) is 0.865. The molecule has 0 aliphatic carbocycles. The Morgan fingerprint density at radius 3 is 2.92 bits per heavy atom. The van der Waals surface area contributed by atoms with Crippen LogP contribution in [-0.2, 0) is 21.4 Å². The number of morpholine rings is 1. The molecule has 0 amide bonds. The molecule has 5 heteroatoms. The molecule has 2 heterocycles. The van der Waals surface area contributed by atoms with Crippen LogP contribution in [-0.4, -0.2) is 61.6 Å². The van der Waals surface area contributed by atoms with Gasteiger partial charge in [-0.25, -0.2) is 0 Å². The molecule has 0 unspecified atom stereocenters. The van der Waals surface area contributed by atoms with Crippen LogP contribution in [0.15, 0.2) is 18.2 Å². The fourth-order valence-corrected chi connectivity index (χ4v) is 3.44. The third-order valence-electron chi connectivity index (χ3n) is 4.90. The Bertz CT molecular complexity index is 560. The molecule has 1 aromatic carbocycles. The molecule has 2 N–H and O–H groups in total. The minimum absolute atomic E-state index is 0.0771. The maximum absolute atomic E-state index is 10.3. The molecule has 2 fully saturated rings. The van der Waals surface area contributed by atoms with E-state index in [1.165, 1.54) is 5.56 Å². The molecule has 0 bridgehead atoms. The molecular formula is C19H30N2O3. The van der Waals surface area contributed by atoms with Crippen molar-refractivity contribution in [3.8, 4) is 5.75 Å². The Morgan fingerprint density at radius 2 is 2.12 bits per heavy atom. The second kappa shape index (κ2) is 7.00. The summed E-state index contributed by atoms with van der Waals surface area (Å²) in [5, 5.41) is 13.7. The van der Waals surface area contributed by atoms with E-state index in [2.05, 4.69) is 37.1 Å². The van der Waals surface area contributed by atoms with Gasteiger partial charge in [0.2, 0.25) is 0 Å². The third kappa shape index (κ3) is 4.09. The minimum atomic E-state index is -0.272. The first-order chi connectivity index (χ1) is 11.4. The van der Waals surface area contributed by atoms with Gasteiger partial charge in [-0.3, -0.25) is 4.90 Å². The van der Waals surface area contributed by atoms with Crippen molar-refractivity contribution in [3.05, 3.63) is 29.3 Å². The number of ether oxygens (including phenoxy) is 2. The number of phenolic OH excluding ortho intramolecular Hbond substituents is 1. The van der Waals surface area contributed by atoms with E-state index in [0.29, 0.717) is 19.0 Å². The first-order valence-electron chi connectivity index (χ1n) is 8.85. The lowest BCUT2D eigenvalue weighted by Crippen LogP contribution is -2.57. The normalized spacial score (nSPS) is 26.5. The molecule has 134 valence electrons. The second-order valence-electron chi connectivity index (χ2n) is 8.06. The number of nitrogens with one attached hydrogen (secondary N) is 1. The molecule has 2 aliphatic heterocycles. The van der Waals surface area contributed by atoms with E-state index in [-0.39, 0.29) is 11.0 Å². The fourth-order valence-electron chi connectivity index (χ4n) is 3.44. The molecular weight excluding hydrogens is 304 g/mol. The van der Waals surface area contributed by atoms with Gasteiger partial charge >= 0.3 is 0 Å². The van der Waals surface area contributed by atoms with Crippen LogP contribution >= 0.6 is 0 Å². The van der Waals surface area contributed by atoms with Crippen molar-refractivity contribution in [2.24, 2.45) is 0 Å². The highest BCUT2D eigenvalue weighted by atomic mass is 16.5. The topological polar surface area (TPSA) is 54.0 Å². The summed E-state index contributed by atoms with van der Waals surface area (Å²) in [7, 11) is 0. The number of rotatable bonds is 2. The van der Waals surface area contributed by atoms with Crippen LogP contribution < -0.4 is 5.32 Å². The minimum Gasteiger partial charge on any atom is -0.508 e. The molecule has 0 aromatic heterocycles. The van der Waals surface area contributed by atoms with Crippen LogP contribution in [0.1, 0.15) is 31.9 Å². The van der Waals surface area contributed by atoms with E-state index in [9.17, 15) is 5.11 Å². The summed E-state index contributed by atoms with van der Waals surface area (Å²) >= 11 is 0. The summed E-state index contributed by atoms with van der Waals surface area (Å²) in [6, 6.07) is 5.98. The lowest BCUT2D eigenvalue weighted by atomic mass is 9.86. The zero-order chi connectivity index (χ0) is 17.2. The molecule has 0 radical (unpaired) electrons. The van der Waals surface area contributed by atoms with E-state index in [4.69, 9.17) is 9.47 Å². The van der Waals surface area contributed by atoms with Crippen LogP contribution in [0.2, 0.25) is 0 Å². The number of benzene rings is 1. The number of phenols is 1. The SMILES string of the molecule is CC(C)(C)c1ccc(O)c(CN2CCO[C@@]3(CNCCOC3)C2)c1. The van der Waals surface area contributed by atoms with Gasteiger partial charge in [-0.05, 0) is 17.0 Å². The average molecular weight is 334 g/mol. The Hall–Kier alpha value is -1.14. The van der Waals surface area contributed by atoms with E-state index >= 15 is 0 Å². The van der Waals surface area contributed by atoms with Gasteiger partial charge in [-0.15, -0.1) is 0 Å². The van der Waals surface area contributed by atoms with Crippen molar-refractivity contribution in [1.82, 2.24) is 10.2 Å². The summed E-state index contributed by atoms with van der Waals surface area (Å²) < 4.78 is 11.8. The Labute approximate surface area is 144 Å². The van der Waals surface area contributed by atoms with Crippen molar-refractivity contribution in [3.63, 3.8) is 0 Å². The number of hydrogen-bond acceptors (Lipinski definition) is 5. The average Bonchev–Trinajstić information content (AvgIpc) is 2.74. The third-order valence-corrected chi connectivity index (χ3v) is 4.90. The van der Waals surface area contributed by atoms with Gasteiger partial charge in [0.15, 0.2) is 0 Å². The highest BCUT2D eigenvalue weighted by Crippen LogP contribution is 2.29. The van der Waals surface area contributed by atoms with Crippen molar-refractivity contribution in [2.75, 3.05) is 46.0 Å². The van der Waals surface area contributed by atoms with Crippen LogP contribution in [0.5, 0.6) is 5.75 Å². The summed E-state index contributed by atoms with van der Waals surface area (Å²) in [6.45, 7) is 12.8. The maximum atomic E-state index is 10.3. The molecule has 1 aromatic rings. The zero-order valence-corrected chi connectivity index (χ0v) is 15.1. The van der Waals surface area contributed by atoms with Gasteiger partial charge in [0.1, 0.15) is 11.4 Å². The molecule has 3 rings (SSSR count). The first-order valence-corrected chi connectivity index (χ1v) is 8.85. The van der Waals surface area contributed by atoms with E-state index in [1.807, 2.05) is 12.1 Å². The van der Waals surface area contributed by atoms with Gasteiger partial charge in [-0.1, -0.05) is 32.9 Å². The largest absolute Gasteiger partial charge is 0.508 e. The monoisotopic (exact) mass is 334 g/mol. The maximum Gasteiger partial charge on any atom is 0.120 e. The molecule has 2 saturated heterocycles. The number of aromatic hydroxyl groups is 1. The summed E-state index contributed by atoms with van der Waals surface area (Å²) in [5.41, 5.74) is 2.04. The highest BCUT2D eigenvalue weighted by Gasteiger charge is 2.38. The van der Waals surface area contributed by atoms with E-state index in [1.54, 1.807) is 0 Å². The molecule has 1 spiro atoms. The summed E-state index contributed by atoms with van der Waals surface area (Å²) in [4.78, 5) is 2.36. The smallest absolute Gasteiger partial charge is 0.120 e. The standard InChI is InChI=1S/C19H30N2O3/c1-18(2,3)16-4-5-17(22)15(10-16)11-21-7-9-24-19(13-21)12-20-6-8-23-14-19/h4-5,10,20,22H,6-9,11-14H2,1-3H3/t19-/m0/s1. The lowest BCUT2D eigenvalue weighted by molar-refractivity contribution is -0.135. The molecule has 1 atom stereocenters. The Kier molecular flexibility index (Phi) is 5.16. The van der Waals surface area contributed by atoms with E-state index < -0.39 is 0 Å². The molecule has 0 saturated carbocycles. The van der Waals surface area contributed by atoms with Crippen LogP contribution in [0.3, 0.4) is 0 Å². The van der Waals surface area contributed by atoms with Crippen molar-refractivity contribution in [2.45, 2.75) is 38.3 Å². The van der Waals surface area contributed by atoms with Crippen LogP contribution in [0, 0.1) is 0 Å². The lowest BCUT2D eigenvalue weighted by Gasteiger charge is -2.42. The number of hydrogen-bond donors (Lipinski definition) is 2. The summed E-state index contributed by atoms with van der Waals surface area (Å²) in [6.07, 6.45) is 0. The molecule has 2 aliphatic rings. The Morgan fingerprint density at radius 1 is 1.29 bits per heavy atom. The van der Waals surface area contributed by atoms with Crippen molar-refractivity contribution in [1.29, 1.82) is 0 Å². The molecule has 5 nitrogen and oxygen atoms in total. The Balaban J connectivity index is 1.73. The van der Waals surface area contributed by atoms with Gasteiger partial charge in [0.25, 0.3) is 0 Å². The van der Waals surface area contributed by atoms with Gasteiger partial charge < -0.3 is 19.9 Å². The highest BCUT2D eigenvalue weighted by molar-refractivity contribution is 5.38. The summed E-state index contributed by atoms with van der Waals surface area (Å²) in [5.74, 6) is 0.374. The fraction of sp³-hybridized carbons (Fsp3) is 0.684. The second-order valence-corrected chi connectivity index (χ2v) is 8.06. The van der Waals surface area contributed by atoms with Gasteiger partial charge in [0, 0.05) is 38.3 Å². The van der Waals surface area contributed by atoms with Crippen molar-refractivity contribution < 1.29 is 14.6 Å². The van der Waals surface area contributed by atoms with E-state index in [0.717, 1.165) is 44.9 Å². The predicted octanol–water partition coefficient (Wildman–Crippen LogP) is 1.88. The van der Waals surface area contributed by atoms with Crippen LogP contribution in [0.4, 0.5) is 0 Å². The zero-order valence-electron chi connectivity index (χ0n) is 15.1. The van der Waals surface area contributed by atoms with Crippen molar-refractivity contribution >= 4 is 0 Å². The first kappa shape index (κ1) is 17.7. The molecule has 24 heavy (non-hydrogen) atoms. The number of nitrogens with zero attached hydrogens (tertiary/aromatic N) is 1. The van der Waals surface area contributed by atoms with Gasteiger partial charge in [0.05, 0.1) is 19.8 Å².